The van der Waals surface area contributed by atoms with Crippen LogP contribution in [0.4, 0.5) is 0 Å². The molecule has 0 amide bonds. The van der Waals surface area contributed by atoms with Crippen molar-refractivity contribution in [2.24, 2.45) is 10.3 Å². The number of nitrogens with zero attached hydrogens (tertiary/aromatic N) is 1. The van der Waals surface area contributed by atoms with E-state index < -0.39 is 0 Å². The zero-order valence-electron chi connectivity index (χ0n) is 15.8. The molecular formula is C20H40ClNS. The largest absolute Gasteiger partial charge is 0.216 e. The van der Waals surface area contributed by atoms with Gasteiger partial charge in [-0.1, -0.05) is 77.4 Å². The molecule has 0 rings (SSSR count). The molecule has 2 atom stereocenters. The predicted molar refractivity (Wildman–Crippen MR) is 111 cm³/mol. The minimum absolute atomic E-state index is 0. The van der Waals surface area contributed by atoms with Crippen molar-refractivity contribution in [2.75, 3.05) is 0 Å². The SMILES string of the molecule is CCCCCCCCC=CCCCCCCC(C)C(C)N=S.Cl. The van der Waals surface area contributed by atoms with E-state index in [0.717, 1.165) is 0 Å². The van der Waals surface area contributed by atoms with Gasteiger partial charge in [0.25, 0.3) is 0 Å². The molecule has 0 N–H and O–H groups in total. The molecule has 3 heteroatoms. The lowest BCUT2D eigenvalue weighted by atomic mass is 9.97. The Kier molecular flexibility index (Phi) is 22.1. The first-order chi connectivity index (χ1) is 10.7. The van der Waals surface area contributed by atoms with Crippen molar-refractivity contribution in [1.82, 2.24) is 0 Å². The third-order valence-corrected chi connectivity index (χ3v) is 4.99. The van der Waals surface area contributed by atoms with E-state index in [1.807, 2.05) is 0 Å². The fourth-order valence-electron chi connectivity index (χ4n) is 2.71. The summed E-state index contributed by atoms with van der Waals surface area (Å²) in [5.74, 6) is 0.648. The molecule has 1 nitrogen and oxygen atoms in total. The van der Waals surface area contributed by atoms with Crippen LogP contribution < -0.4 is 0 Å². The summed E-state index contributed by atoms with van der Waals surface area (Å²) in [4.78, 5) is 0. The van der Waals surface area contributed by atoms with Crippen LogP contribution in [0.2, 0.25) is 0 Å². The van der Waals surface area contributed by atoms with Crippen LogP contribution in [0.15, 0.2) is 16.5 Å². The first kappa shape index (κ1) is 25.3. The normalized spacial score (nSPS) is 13.7. The van der Waals surface area contributed by atoms with E-state index in [0.29, 0.717) is 12.0 Å². The Balaban J connectivity index is 0. The maximum absolute atomic E-state index is 4.77. The smallest absolute Gasteiger partial charge is 0.0628 e. The van der Waals surface area contributed by atoms with Gasteiger partial charge in [-0.05, 0) is 44.9 Å². The first-order valence-corrected chi connectivity index (χ1v) is 10.1. The van der Waals surface area contributed by atoms with E-state index in [9.17, 15) is 0 Å². The summed E-state index contributed by atoms with van der Waals surface area (Å²) in [6, 6.07) is 0.347. The van der Waals surface area contributed by atoms with E-state index in [2.05, 4.69) is 37.3 Å². The van der Waals surface area contributed by atoms with Gasteiger partial charge in [0.2, 0.25) is 0 Å². The van der Waals surface area contributed by atoms with Gasteiger partial charge in [-0.2, -0.15) is 0 Å². The fraction of sp³-hybridized carbons (Fsp3) is 0.900. The van der Waals surface area contributed by atoms with Gasteiger partial charge < -0.3 is 0 Å². The highest BCUT2D eigenvalue weighted by Gasteiger charge is 2.09. The summed E-state index contributed by atoms with van der Waals surface area (Å²) in [7, 11) is 0. The second kappa shape index (κ2) is 20.1. The van der Waals surface area contributed by atoms with E-state index in [4.69, 9.17) is 12.4 Å². The standard InChI is InChI=1S/C20H39NS.ClH/c1-4-5-6-7-8-9-10-11-12-13-14-15-16-17-18-19(2)20(3)21-22;/h11-12,19-20H,4-10,13-18H2,1-3H3;1H. The molecule has 0 aliphatic carbocycles. The Morgan fingerprint density at radius 2 is 1.26 bits per heavy atom. The third-order valence-electron chi connectivity index (χ3n) is 4.66. The Morgan fingerprint density at radius 3 is 1.78 bits per heavy atom. The van der Waals surface area contributed by atoms with Crippen LogP contribution in [-0.2, 0) is 12.4 Å². The summed E-state index contributed by atoms with van der Waals surface area (Å²) in [6.07, 6.45) is 22.4. The molecule has 2 unspecified atom stereocenters. The highest BCUT2D eigenvalue weighted by molar-refractivity contribution is 7.47. The van der Waals surface area contributed by atoms with Crippen molar-refractivity contribution in [2.45, 2.75) is 110 Å². The molecule has 0 saturated heterocycles. The van der Waals surface area contributed by atoms with E-state index in [-0.39, 0.29) is 12.4 Å². The lowest BCUT2D eigenvalue weighted by molar-refractivity contribution is 0.430. The highest BCUT2D eigenvalue weighted by Crippen LogP contribution is 2.16. The monoisotopic (exact) mass is 361 g/mol. The van der Waals surface area contributed by atoms with Gasteiger partial charge >= 0.3 is 0 Å². The van der Waals surface area contributed by atoms with Crippen LogP contribution in [0.5, 0.6) is 0 Å². The van der Waals surface area contributed by atoms with Crippen molar-refractivity contribution in [3.05, 3.63) is 12.2 Å². The topological polar surface area (TPSA) is 12.4 Å². The van der Waals surface area contributed by atoms with Gasteiger partial charge in [-0.15, -0.1) is 12.4 Å². The zero-order valence-corrected chi connectivity index (χ0v) is 17.4. The maximum atomic E-state index is 4.77. The van der Waals surface area contributed by atoms with Gasteiger partial charge in [0.05, 0.1) is 6.04 Å². The molecule has 0 fully saturated rings. The Morgan fingerprint density at radius 1 is 0.783 bits per heavy atom. The summed E-state index contributed by atoms with van der Waals surface area (Å²) in [5, 5.41) is 0. The Labute approximate surface area is 157 Å². The molecule has 0 heterocycles. The maximum Gasteiger partial charge on any atom is 0.0628 e. The second-order valence-corrected chi connectivity index (χ2v) is 7.05. The molecule has 0 aromatic rings. The summed E-state index contributed by atoms with van der Waals surface area (Å²) < 4.78 is 3.95. The van der Waals surface area contributed by atoms with Gasteiger partial charge in [0.15, 0.2) is 0 Å². The fourth-order valence-corrected chi connectivity index (χ4v) is 2.91. The average Bonchev–Trinajstić information content (AvgIpc) is 2.54. The number of rotatable bonds is 16. The van der Waals surface area contributed by atoms with Crippen LogP contribution in [0.3, 0.4) is 0 Å². The van der Waals surface area contributed by atoms with Crippen molar-refractivity contribution in [3.63, 3.8) is 0 Å². The van der Waals surface area contributed by atoms with Crippen LogP contribution in [0.1, 0.15) is 104 Å². The van der Waals surface area contributed by atoms with Crippen LogP contribution >= 0.6 is 12.4 Å². The second-order valence-electron chi connectivity index (χ2n) is 6.84. The molecular weight excluding hydrogens is 322 g/mol. The van der Waals surface area contributed by atoms with Crippen molar-refractivity contribution in [3.8, 4) is 0 Å². The minimum Gasteiger partial charge on any atom is -0.216 e. The quantitative estimate of drug-likeness (QED) is 0.201. The molecule has 0 bridgehead atoms. The van der Waals surface area contributed by atoms with Crippen LogP contribution in [-0.4, -0.2) is 6.04 Å². The molecule has 138 valence electrons. The molecule has 0 radical (unpaired) electrons. The number of hydrogen-bond donors (Lipinski definition) is 0. The molecule has 0 aliphatic heterocycles. The molecule has 0 aliphatic rings. The summed E-state index contributed by atoms with van der Waals surface area (Å²) in [5.41, 5.74) is 0. The number of halogens is 1. The average molecular weight is 362 g/mol. The number of allylic oxidation sites excluding steroid dienone is 2. The van der Waals surface area contributed by atoms with Gasteiger partial charge in [-0.25, -0.2) is 4.36 Å². The molecule has 0 aromatic carbocycles. The van der Waals surface area contributed by atoms with Crippen molar-refractivity contribution >= 4 is 24.8 Å². The molecule has 0 spiro atoms. The molecule has 0 saturated carbocycles. The minimum atomic E-state index is 0. The Hall–Kier alpha value is 0.0500. The lowest BCUT2D eigenvalue weighted by Crippen LogP contribution is -2.10. The van der Waals surface area contributed by atoms with Gasteiger partial charge in [-0.3, -0.25) is 0 Å². The molecule has 23 heavy (non-hydrogen) atoms. The third kappa shape index (κ3) is 18.2. The van der Waals surface area contributed by atoms with E-state index >= 15 is 0 Å². The predicted octanol–water partition coefficient (Wildman–Crippen LogP) is 7.81. The number of hydrogen-bond acceptors (Lipinski definition) is 2. The van der Waals surface area contributed by atoms with Crippen LogP contribution in [0.25, 0.3) is 0 Å². The van der Waals surface area contributed by atoms with Gasteiger partial charge in [0, 0.05) is 12.4 Å². The van der Waals surface area contributed by atoms with E-state index in [1.54, 1.807) is 0 Å². The lowest BCUT2D eigenvalue weighted by Gasteiger charge is -2.13. The first-order valence-electron chi connectivity index (χ1n) is 9.69. The van der Waals surface area contributed by atoms with Crippen molar-refractivity contribution < 1.29 is 0 Å². The highest BCUT2D eigenvalue weighted by atomic mass is 35.5. The van der Waals surface area contributed by atoms with Crippen LogP contribution in [0, 0.1) is 5.92 Å². The Bertz CT molecular complexity index is 268. The summed E-state index contributed by atoms with van der Waals surface area (Å²) >= 11 is 4.77. The molecule has 0 aromatic heterocycles. The van der Waals surface area contributed by atoms with E-state index in [1.165, 1.54) is 83.5 Å². The van der Waals surface area contributed by atoms with Crippen molar-refractivity contribution in [1.29, 1.82) is 0 Å². The van der Waals surface area contributed by atoms with Gasteiger partial charge in [0.1, 0.15) is 0 Å². The summed E-state index contributed by atoms with van der Waals surface area (Å²) in [6.45, 7) is 6.68. The zero-order chi connectivity index (χ0) is 16.5. The number of unbranched alkanes of at least 4 members (excludes halogenated alkanes) is 10.